The first-order valence-corrected chi connectivity index (χ1v) is 6.56. The zero-order chi connectivity index (χ0) is 16.4. The Morgan fingerprint density at radius 1 is 1.23 bits per heavy atom. The topological polar surface area (TPSA) is 77.8 Å². The minimum absolute atomic E-state index is 0.117. The molecule has 2 amide bonds. The molecule has 22 heavy (non-hydrogen) atoms. The van der Waals surface area contributed by atoms with E-state index in [4.69, 9.17) is 0 Å². The number of carbonyl (C=O) groups is 2. The summed E-state index contributed by atoms with van der Waals surface area (Å²) < 4.78 is 39.1. The van der Waals surface area contributed by atoms with Gasteiger partial charge in [-0.05, 0) is 31.9 Å². The lowest BCUT2D eigenvalue weighted by atomic mass is 9.76. The Kier molecular flexibility index (Phi) is 2.85. The van der Waals surface area contributed by atoms with Crippen molar-refractivity contribution in [2.75, 3.05) is 0 Å². The van der Waals surface area contributed by atoms with Crippen molar-refractivity contribution in [1.82, 2.24) is 4.90 Å². The Hall–Kier alpha value is -2.09. The predicted octanol–water partition coefficient (Wildman–Crippen LogP) is 1.92. The first-order valence-electron chi connectivity index (χ1n) is 6.56. The molecule has 0 spiro atoms. The largest absolute Gasteiger partial charge is 0.508 e. The lowest BCUT2D eigenvalue weighted by molar-refractivity contribution is -0.138. The van der Waals surface area contributed by atoms with E-state index >= 15 is 0 Å². The molecule has 0 unspecified atom stereocenters. The van der Waals surface area contributed by atoms with Crippen molar-refractivity contribution in [1.29, 1.82) is 0 Å². The van der Waals surface area contributed by atoms with Gasteiger partial charge in [-0.2, -0.15) is 13.2 Å². The maximum Gasteiger partial charge on any atom is 0.417 e. The molecule has 1 aromatic rings. The number of benzene rings is 1. The van der Waals surface area contributed by atoms with E-state index in [-0.39, 0.29) is 12.8 Å². The number of aromatic hydroxyl groups is 1. The van der Waals surface area contributed by atoms with Crippen LogP contribution in [0, 0.1) is 0 Å². The molecule has 1 heterocycles. The number of phenolic OH excluding ortho intramolecular Hbond substituents is 1. The summed E-state index contributed by atoms with van der Waals surface area (Å²) in [7, 11) is 0. The number of hydrogen-bond acceptors (Lipinski definition) is 4. The van der Waals surface area contributed by atoms with Gasteiger partial charge in [-0.25, -0.2) is 0 Å². The molecule has 118 valence electrons. The van der Waals surface area contributed by atoms with E-state index in [2.05, 4.69) is 0 Å². The molecule has 0 atom stereocenters. The van der Waals surface area contributed by atoms with Gasteiger partial charge in [-0.3, -0.25) is 14.5 Å². The number of phenols is 1. The molecule has 3 rings (SSSR count). The summed E-state index contributed by atoms with van der Waals surface area (Å²) in [6.07, 6.45) is -4.63. The van der Waals surface area contributed by atoms with Crippen LogP contribution in [0.3, 0.4) is 0 Å². The molecular formula is C14H12F3NO4. The van der Waals surface area contributed by atoms with Crippen LogP contribution in [0.4, 0.5) is 13.2 Å². The van der Waals surface area contributed by atoms with Crippen molar-refractivity contribution in [3.8, 4) is 5.75 Å². The number of nitrogens with zero attached hydrogens (tertiary/aromatic N) is 1. The van der Waals surface area contributed by atoms with E-state index in [1.165, 1.54) is 6.92 Å². The number of aliphatic hydroxyl groups is 1. The van der Waals surface area contributed by atoms with Gasteiger partial charge in [0.1, 0.15) is 5.75 Å². The smallest absolute Gasteiger partial charge is 0.417 e. The van der Waals surface area contributed by atoms with Crippen LogP contribution in [0.1, 0.15) is 46.0 Å². The third-order valence-electron chi connectivity index (χ3n) is 4.03. The predicted molar refractivity (Wildman–Crippen MR) is 67.3 cm³/mol. The molecular weight excluding hydrogens is 303 g/mol. The molecule has 1 aromatic carbocycles. The first-order chi connectivity index (χ1) is 10.0. The normalized spacial score (nSPS) is 27.9. The average molecular weight is 315 g/mol. The van der Waals surface area contributed by atoms with E-state index in [9.17, 15) is 33.0 Å². The first kappa shape index (κ1) is 14.8. The Labute approximate surface area is 123 Å². The fraction of sp³-hybridized carbons (Fsp3) is 0.429. The van der Waals surface area contributed by atoms with Crippen LogP contribution in [0.15, 0.2) is 12.1 Å². The maximum absolute atomic E-state index is 13.0. The summed E-state index contributed by atoms with van der Waals surface area (Å²) in [5.41, 5.74) is -3.55. The van der Waals surface area contributed by atoms with Gasteiger partial charge in [-0.1, -0.05) is 0 Å². The number of imide groups is 1. The van der Waals surface area contributed by atoms with Crippen LogP contribution in [0.5, 0.6) is 5.75 Å². The number of fused-ring (bicyclic) bond motifs is 1. The Morgan fingerprint density at radius 2 is 1.82 bits per heavy atom. The Morgan fingerprint density at radius 3 is 2.32 bits per heavy atom. The van der Waals surface area contributed by atoms with E-state index in [1.807, 2.05) is 0 Å². The minimum Gasteiger partial charge on any atom is -0.508 e. The number of rotatable bonds is 1. The molecule has 2 N–H and O–H groups in total. The van der Waals surface area contributed by atoms with Crippen LogP contribution >= 0.6 is 0 Å². The van der Waals surface area contributed by atoms with Gasteiger partial charge in [0.15, 0.2) is 0 Å². The summed E-state index contributed by atoms with van der Waals surface area (Å²) in [4.78, 5) is 25.2. The molecule has 1 fully saturated rings. The molecule has 0 aromatic heterocycles. The number of hydrogen-bond donors (Lipinski definition) is 2. The van der Waals surface area contributed by atoms with Gasteiger partial charge in [0.05, 0.1) is 22.3 Å². The second kappa shape index (κ2) is 4.22. The second-order valence-electron chi connectivity index (χ2n) is 5.95. The summed E-state index contributed by atoms with van der Waals surface area (Å²) in [5, 5.41) is 19.1. The van der Waals surface area contributed by atoms with Gasteiger partial charge in [0.25, 0.3) is 11.8 Å². The molecule has 1 saturated carbocycles. The van der Waals surface area contributed by atoms with Crippen molar-refractivity contribution in [2.45, 2.75) is 37.6 Å². The average Bonchev–Trinajstić information content (AvgIpc) is 2.57. The van der Waals surface area contributed by atoms with Crippen molar-refractivity contribution in [2.24, 2.45) is 0 Å². The van der Waals surface area contributed by atoms with Crippen molar-refractivity contribution < 1.29 is 33.0 Å². The molecule has 2 aliphatic rings. The van der Waals surface area contributed by atoms with Crippen molar-refractivity contribution in [3.05, 3.63) is 28.8 Å². The lowest BCUT2D eigenvalue weighted by Gasteiger charge is -2.44. The molecule has 1 aliphatic heterocycles. The highest BCUT2D eigenvalue weighted by atomic mass is 19.4. The maximum atomic E-state index is 13.0. The third-order valence-corrected chi connectivity index (χ3v) is 4.03. The van der Waals surface area contributed by atoms with E-state index in [1.54, 1.807) is 0 Å². The fourth-order valence-electron chi connectivity index (χ4n) is 3.06. The number of halogens is 3. The second-order valence-corrected chi connectivity index (χ2v) is 5.95. The van der Waals surface area contributed by atoms with Gasteiger partial charge in [0.2, 0.25) is 0 Å². The molecule has 1 aliphatic carbocycles. The summed E-state index contributed by atoms with van der Waals surface area (Å²) in [6, 6.07) is 0.664. The molecule has 0 radical (unpaired) electrons. The third kappa shape index (κ3) is 2.06. The standard InChI is InChI=1S/C14H12F3NO4/c1-13(22)4-6(5-13)18-11(20)8-2-7(19)3-9(14(15,16)17)10(8)12(18)21/h2-3,6,19,22H,4-5H2,1H3. The molecule has 5 nitrogen and oxygen atoms in total. The number of amides is 2. The monoisotopic (exact) mass is 315 g/mol. The summed E-state index contributed by atoms with van der Waals surface area (Å²) in [5.74, 6) is -2.63. The SMILES string of the molecule is CC1(O)CC(N2C(=O)c3cc(O)cc(C(F)(F)F)c3C2=O)C1. The van der Waals surface area contributed by atoms with Gasteiger partial charge in [0, 0.05) is 6.04 Å². The van der Waals surface area contributed by atoms with E-state index in [0.717, 1.165) is 11.0 Å². The van der Waals surface area contributed by atoms with Crippen molar-refractivity contribution in [3.63, 3.8) is 0 Å². The zero-order valence-corrected chi connectivity index (χ0v) is 11.4. The van der Waals surface area contributed by atoms with Gasteiger partial charge < -0.3 is 10.2 Å². The Bertz CT molecular complexity index is 688. The van der Waals surface area contributed by atoms with Crippen LogP contribution < -0.4 is 0 Å². The highest BCUT2D eigenvalue weighted by molar-refractivity contribution is 6.22. The van der Waals surface area contributed by atoms with Crippen LogP contribution in [0.25, 0.3) is 0 Å². The summed E-state index contributed by atoms with van der Waals surface area (Å²) in [6.45, 7) is 1.52. The zero-order valence-electron chi connectivity index (χ0n) is 11.4. The molecule has 8 heteroatoms. The molecule has 0 bridgehead atoms. The minimum atomic E-state index is -4.86. The van der Waals surface area contributed by atoms with Gasteiger partial charge in [-0.15, -0.1) is 0 Å². The van der Waals surface area contributed by atoms with E-state index < -0.39 is 52.1 Å². The summed E-state index contributed by atoms with van der Waals surface area (Å²) >= 11 is 0. The van der Waals surface area contributed by atoms with Crippen LogP contribution in [0.2, 0.25) is 0 Å². The fourth-order valence-corrected chi connectivity index (χ4v) is 3.06. The van der Waals surface area contributed by atoms with Gasteiger partial charge >= 0.3 is 6.18 Å². The van der Waals surface area contributed by atoms with Crippen molar-refractivity contribution >= 4 is 11.8 Å². The highest BCUT2D eigenvalue weighted by Crippen LogP contribution is 2.43. The highest BCUT2D eigenvalue weighted by Gasteiger charge is 2.52. The lowest BCUT2D eigenvalue weighted by Crippen LogP contribution is -2.55. The molecule has 0 saturated heterocycles. The number of carbonyl (C=O) groups excluding carboxylic acids is 2. The quantitative estimate of drug-likeness (QED) is 0.776. The van der Waals surface area contributed by atoms with Crippen LogP contribution in [-0.2, 0) is 6.18 Å². The number of alkyl halides is 3. The Balaban J connectivity index is 2.07. The van der Waals surface area contributed by atoms with Crippen LogP contribution in [-0.4, -0.2) is 38.6 Å². The van der Waals surface area contributed by atoms with E-state index in [0.29, 0.717) is 6.07 Å².